The first-order valence-electron chi connectivity index (χ1n) is 4.02. The Morgan fingerprint density at radius 2 is 2.57 bits per heavy atom. The van der Waals surface area contributed by atoms with E-state index < -0.39 is 6.29 Å². The lowest BCUT2D eigenvalue weighted by molar-refractivity contribution is -0.158. The van der Waals surface area contributed by atoms with E-state index in [0.29, 0.717) is 6.42 Å². The normalized spacial score (nSPS) is 25.5. The fourth-order valence-corrected chi connectivity index (χ4v) is 1.63. The molecule has 2 atom stereocenters. The number of hydrogen-bond acceptors (Lipinski definition) is 6. The van der Waals surface area contributed by atoms with E-state index in [-0.39, 0.29) is 18.0 Å². The van der Waals surface area contributed by atoms with Crippen LogP contribution in [0.2, 0.25) is 0 Å². The lowest BCUT2D eigenvalue weighted by Crippen LogP contribution is -2.16. The summed E-state index contributed by atoms with van der Waals surface area (Å²) in [7, 11) is 0. The van der Waals surface area contributed by atoms with Gasteiger partial charge in [0.2, 0.25) is 6.29 Å². The number of rotatable bonds is 4. The number of ether oxygens (including phenoxy) is 2. The molecule has 5 nitrogen and oxygen atoms in total. The molecule has 0 aromatic rings. The smallest absolute Gasteiger partial charge is 0.304 e. The molecule has 1 saturated heterocycles. The third kappa shape index (κ3) is 3.93. The second-order valence-electron chi connectivity index (χ2n) is 2.55. The van der Waals surface area contributed by atoms with Gasteiger partial charge in [0, 0.05) is 31.5 Å². The first-order chi connectivity index (χ1) is 6.72. The Hall–Kier alpha value is -0.810. The summed E-state index contributed by atoms with van der Waals surface area (Å²) in [6, 6.07) is 0. The molecule has 0 aliphatic carbocycles. The number of carbonyl (C=O) groups is 1. The Kier molecular flexibility index (Phi) is 4.69. The van der Waals surface area contributed by atoms with Gasteiger partial charge in [0.15, 0.2) is 0 Å². The Balaban J connectivity index is 2.20. The van der Waals surface area contributed by atoms with Crippen LogP contribution in [-0.2, 0) is 23.2 Å². The van der Waals surface area contributed by atoms with Crippen LogP contribution < -0.4 is 0 Å². The van der Waals surface area contributed by atoms with E-state index in [1.165, 1.54) is 13.0 Å². The number of carbonyl (C=O) groups excluding carboxylic acids is 2. The molecule has 1 aliphatic heterocycles. The lowest BCUT2D eigenvalue weighted by Gasteiger charge is -2.07. The molecule has 0 aromatic heterocycles. The maximum atomic E-state index is 10.6. The van der Waals surface area contributed by atoms with Crippen LogP contribution in [0.1, 0.15) is 13.3 Å². The van der Waals surface area contributed by atoms with Crippen molar-refractivity contribution < 1.29 is 23.2 Å². The number of esters is 1. The van der Waals surface area contributed by atoms with Gasteiger partial charge in [-0.15, -0.1) is 0 Å². The van der Waals surface area contributed by atoms with Crippen LogP contribution in [0.3, 0.4) is 0 Å². The van der Waals surface area contributed by atoms with E-state index in [1.807, 2.05) is 0 Å². The van der Waals surface area contributed by atoms with Crippen molar-refractivity contribution in [2.24, 2.45) is 0 Å². The summed E-state index contributed by atoms with van der Waals surface area (Å²) in [6.07, 6.45) is 1.15. The summed E-state index contributed by atoms with van der Waals surface area (Å²) >= 11 is 1.09. The average Bonchev–Trinajstić information content (AvgIpc) is 2.52. The quantitative estimate of drug-likeness (QED) is 0.393. The summed E-state index contributed by atoms with van der Waals surface area (Å²) in [6.45, 7) is 1.51. The third-order valence-electron chi connectivity index (χ3n) is 1.40. The summed E-state index contributed by atoms with van der Waals surface area (Å²) in [5.74, 6) is 1.21. The third-order valence-corrected chi connectivity index (χ3v) is 2.27. The lowest BCUT2D eigenvalue weighted by atomic mass is 10.4. The van der Waals surface area contributed by atoms with Gasteiger partial charge in [0.25, 0.3) is 0 Å². The van der Waals surface area contributed by atoms with Crippen molar-refractivity contribution in [3.8, 4) is 0 Å². The molecule has 0 radical (unpaired) electrons. The average molecular weight is 218 g/mol. The highest BCUT2D eigenvalue weighted by Crippen LogP contribution is 2.31. The van der Waals surface area contributed by atoms with Crippen LogP contribution >= 0.6 is 12.0 Å². The fraction of sp³-hybridized carbons (Fsp3) is 0.625. The largest absolute Gasteiger partial charge is 0.435 e. The van der Waals surface area contributed by atoms with Gasteiger partial charge < -0.3 is 9.47 Å². The molecule has 14 heavy (non-hydrogen) atoms. The molecular formula is C8H10O5S. The molecule has 78 valence electrons. The van der Waals surface area contributed by atoms with Gasteiger partial charge in [-0.25, -0.2) is 4.79 Å². The minimum Gasteiger partial charge on any atom is -0.435 e. The molecule has 1 fully saturated rings. The zero-order valence-electron chi connectivity index (χ0n) is 7.60. The minimum absolute atomic E-state index is 0.192. The highest BCUT2D eigenvalue weighted by molar-refractivity contribution is 7.95. The fourth-order valence-electron chi connectivity index (χ4n) is 0.898. The molecule has 0 bridgehead atoms. The summed E-state index contributed by atoms with van der Waals surface area (Å²) < 4.78 is 15.0. The van der Waals surface area contributed by atoms with E-state index in [4.69, 9.17) is 13.7 Å². The van der Waals surface area contributed by atoms with Crippen molar-refractivity contribution in [2.75, 3.05) is 6.61 Å². The molecular weight excluding hydrogens is 208 g/mol. The molecule has 2 unspecified atom stereocenters. The Labute approximate surface area is 85.6 Å². The monoisotopic (exact) mass is 218 g/mol. The van der Waals surface area contributed by atoms with Crippen LogP contribution in [0.15, 0.2) is 6.08 Å². The maximum absolute atomic E-state index is 10.6. The van der Waals surface area contributed by atoms with Crippen LogP contribution in [0.5, 0.6) is 0 Å². The van der Waals surface area contributed by atoms with Crippen molar-refractivity contribution in [1.82, 2.24) is 0 Å². The first-order valence-corrected chi connectivity index (χ1v) is 4.83. The summed E-state index contributed by atoms with van der Waals surface area (Å²) in [5, 5.41) is 0. The van der Waals surface area contributed by atoms with Crippen molar-refractivity contribution >= 4 is 24.0 Å². The molecule has 1 rings (SSSR count). The van der Waals surface area contributed by atoms with Crippen LogP contribution in [0, 0.1) is 0 Å². The van der Waals surface area contributed by atoms with Crippen molar-refractivity contribution in [3.63, 3.8) is 0 Å². The van der Waals surface area contributed by atoms with E-state index in [1.54, 1.807) is 5.94 Å². The second kappa shape index (κ2) is 5.82. The van der Waals surface area contributed by atoms with Crippen LogP contribution in [0.25, 0.3) is 0 Å². The highest BCUT2D eigenvalue weighted by Gasteiger charge is 2.29. The zero-order chi connectivity index (χ0) is 10.4. The van der Waals surface area contributed by atoms with Crippen molar-refractivity contribution in [2.45, 2.75) is 25.1 Å². The van der Waals surface area contributed by atoms with Gasteiger partial charge in [0.05, 0.1) is 6.61 Å². The molecule has 0 aromatic carbocycles. The van der Waals surface area contributed by atoms with E-state index in [0.717, 1.165) is 12.0 Å². The SMILES string of the molecule is CC(=O)OC1CC(OCC=C=O)SO1. The van der Waals surface area contributed by atoms with E-state index in [2.05, 4.69) is 0 Å². The van der Waals surface area contributed by atoms with Crippen LogP contribution in [-0.4, -0.2) is 30.2 Å². The zero-order valence-corrected chi connectivity index (χ0v) is 8.41. The van der Waals surface area contributed by atoms with E-state index in [9.17, 15) is 9.59 Å². The molecule has 0 N–H and O–H groups in total. The highest BCUT2D eigenvalue weighted by atomic mass is 32.2. The van der Waals surface area contributed by atoms with Gasteiger partial charge >= 0.3 is 5.97 Å². The predicted molar refractivity (Wildman–Crippen MR) is 48.9 cm³/mol. The molecule has 1 heterocycles. The number of hydrogen-bond donors (Lipinski definition) is 0. The van der Waals surface area contributed by atoms with E-state index >= 15 is 0 Å². The molecule has 0 spiro atoms. The molecule has 0 saturated carbocycles. The summed E-state index contributed by atoms with van der Waals surface area (Å²) in [5.41, 5.74) is -0.205. The van der Waals surface area contributed by atoms with Crippen molar-refractivity contribution in [3.05, 3.63) is 6.08 Å². The van der Waals surface area contributed by atoms with Gasteiger partial charge in [-0.1, -0.05) is 0 Å². The Morgan fingerprint density at radius 1 is 1.79 bits per heavy atom. The topological polar surface area (TPSA) is 61.8 Å². The molecule has 0 amide bonds. The maximum Gasteiger partial charge on any atom is 0.304 e. The van der Waals surface area contributed by atoms with Crippen LogP contribution in [0.4, 0.5) is 0 Å². The Morgan fingerprint density at radius 3 is 3.21 bits per heavy atom. The standard InChI is InChI=1S/C8H10O5S/c1-6(10)12-7-5-8(14-13-7)11-4-2-3-9/h2,7-8H,4-5H2,1H3. The molecule has 1 aliphatic rings. The van der Waals surface area contributed by atoms with Gasteiger partial charge in [-0.3, -0.25) is 8.98 Å². The van der Waals surface area contributed by atoms with Gasteiger partial charge in [-0.05, 0) is 0 Å². The predicted octanol–water partition coefficient (Wildman–Crippen LogP) is 0.675. The minimum atomic E-state index is -0.553. The Bertz CT molecular complexity index is 248. The second-order valence-corrected chi connectivity index (χ2v) is 3.46. The summed E-state index contributed by atoms with van der Waals surface area (Å²) in [4.78, 5) is 20.4. The van der Waals surface area contributed by atoms with Crippen molar-refractivity contribution in [1.29, 1.82) is 0 Å². The van der Waals surface area contributed by atoms with Gasteiger partial charge in [-0.2, -0.15) is 0 Å². The molecule has 6 heteroatoms. The van der Waals surface area contributed by atoms with Gasteiger partial charge in [0.1, 0.15) is 11.4 Å². The first kappa shape index (κ1) is 11.3.